The van der Waals surface area contributed by atoms with Crippen LogP contribution in [0.5, 0.6) is 0 Å². The Balaban J connectivity index is 2.01. The van der Waals surface area contributed by atoms with Gasteiger partial charge in [-0.3, -0.25) is 4.79 Å². The van der Waals surface area contributed by atoms with Crippen molar-refractivity contribution in [3.05, 3.63) is 28.5 Å². The molecule has 1 aromatic rings. The van der Waals surface area contributed by atoms with E-state index >= 15 is 0 Å². The van der Waals surface area contributed by atoms with Gasteiger partial charge in [-0.1, -0.05) is 11.6 Å². The van der Waals surface area contributed by atoms with Crippen LogP contribution in [0, 0.1) is 12.8 Å². The molecule has 0 unspecified atom stereocenters. The van der Waals surface area contributed by atoms with Crippen molar-refractivity contribution in [2.75, 3.05) is 26.8 Å². The molecule has 1 amide bonds. The van der Waals surface area contributed by atoms with E-state index in [-0.39, 0.29) is 5.91 Å². The smallest absolute Gasteiger partial charge is 0.254 e. The van der Waals surface area contributed by atoms with Crippen molar-refractivity contribution in [3.63, 3.8) is 0 Å². The van der Waals surface area contributed by atoms with Crippen molar-refractivity contribution in [3.8, 4) is 0 Å². The van der Waals surface area contributed by atoms with E-state index < -0.39 is 0 Å². The van der Waals surface area contributed by atoms with Crippen LogP contribution in [0.15, 0.2) is 12.1 Å². The first-order valence-corrected chi connectivity index (χ1v) is 6.90. The molecular weight excluding hydrogens is 264 g/mol. The van der Waals surface area contributed by atoms with Crippen molar-refractivity contribution >= 4 is 17.5 Å². The lowest BCUT2D eigenvalue weighted by molar-refractivity contribution is 0.0613. The summed E-state index contributed by atoms with van der Waals surface area (Å²) in [6.45, 7) is 4.19. The highest BCUT2D eigenvalue weighted by Crippen LogP contribution is 2.20. The Labute approximate surface area is 118 Å². The van der Waals surface area contributed by atoms with Gasteiger partial charge in [0.05, 0.1) is 0 Å². The van der Waals surface area contributed by atoms with Gasteiger partial charge in [-0.25, -0.2) is 4.98 Å². The predicted octanol–water partition coefficient (Wildman–Crippen LogP) is 2.54. The number of ether oxygens (including phenoxy) is 1. The molecule has 1 saturated heterocycles. The normalized spacial score (nSPS) is 16.7. The van der Waals surface area contributed by atoms with E-state index in [1.165, 1.54) is 0 Å². The maximum absolute atomic E-state index is 12.4. The monoisotopic (exact) mass is 282 g/mol. The Morgan fingerprint density at radius 3 is 2.74 bits per heavy atom. The molecule has 1 aliphatic rings. The Bertz CT molecular complexity index is 437. The number of likely N-dealkylation sites (tertiary alicyclic amines) is 1. The standard InChI is InChI=1S/C14H19ClN2O2/c1-10-7-12(8-13(15)16-10)14(18)17-5-3-11(4-6-17)9-19-2/h7-8,11H,3-6,9H2,1-2H3. The van der Waals surface area contributed by atoms with E-state index in [9.17, 15) is 4.79 Å². The third-order valence-corrected chi connectivity index (χ3v) is 3.67. The summed E-state index contributed by atoms with van der Waals surface area (Å²) in [5.74, 6) is 0.611. The van der Waals surface area contributed by atoms with Gasteiger partial charge in [0.1, 0.15) is 5.15 Å². The molecule has 4 nitrogen and oxygen atoms in total. The molecule has 0 atom stereocenters. The second-order valence-corrected chi connectivity index (χ2v) is 5.40. The van der Waals surface area contributed by atoms with Crippen LogP contribution < -0.4 is 0 Å². The van der Waals surface area contributed by atoms with E-state index in [1.807, 2.05) is 11.8 Å². The van der Waals surface area contributed by atoms with Crippen LogP contribution in [0.25, 0.3) is 0 Å². The molecule has 2 heterocycles. The van der Waals surface area contributed by atoms with Crippen LogP contribution in [0.1, 0.15) is 28.9 Å². The van der Waals surface area contributed by atoms with Gasteiger partial charge in [0.25, 0.3) is 5.91 Å². The number of aryl methyl sites for hydroxylation is 1. The van der Waals surface area contributed by atoms with Gasteiger partial charge < -0.3 is 9.64 Å². The number of piperidine rings is 1. The molecule has 0 aromatic carbocycles. The first-order valence-electron chi connectivity index (χ1n) is 6.52. The largest absolute Gasteiger partial charge is 0.384 e. The number of carbonyl (C=O) groups excluding carboxylic acids is 1. The van der Waals surface area contributed by atoms with Gasteiger partial charge in [-0.05, 0) is 37.8 Å². The number of halogens is 1. The highest BCUT2D eigenvalue weighted by Gasteiger charge is 2.23. The summed E-state index contributed by atoms with van der Waals surface area (Å²) in [6.07, 6.45) is 1.99. The molecule has 0 radical (unpaired) electrons. The Morgan fingerprint density at radius 2 is 2.16 bits per heavy atom. The van der Waals surface area contributed by atoms with Gasteiger partial charge >= 0.3 is 0 Å². The Kier molecular flexibility index (Phi) is 4.77. The SMILES string of the molecule is COCC1CCN(C(=O)c2cc(C)nc(Cl)c2)CC1. The molecule has 1 fully saturated rings. The molecule has 0 bridgehead atoms. The molecule has 0 aliphatic carbocycles. The zero-order valence-electron chi connectivity index (χ0n) is 11.4. The minimum absolute atomic E-state index is 0.0447. The van der Waals surface area contributed by atoms with Crippen molar-refractivity contribution in [1.82, 2.24) is 9.88 Å². The van der Waals surface area contributed by atoms with Crippen LogP contribution in [0.3, 0.4) is 0 Å². The highest BCUT2D eigenvalue weighted by atomic mass is 35.5. The first kappa shape index (κ1) is 14.3. The fraction of sp³-hybridized carbons (Fsp3) is 0.571. The van der Waals surface area contributed by atoms with Crippen molar-refractivity contribution in [2.45, 2.75) is 19.8 Å². The molecule has 1 aliphatic heterocycles. The zero-order valence-corrected chi connectivity index (χ0v) is 12.1. The maximum Gasteiger partial charge on any atom is 0.254 e. The lowest BCUT2D eigenvalue weighted by Gasteiger charge is -2.31. The molecule has 0 spiro atoms. The minimum atomic E-state index is 0.0447. The molecular formula is C14H19ClN2O2. The van der Waals surface area contributed by atoms with Crippen LogP contribution in [0.4, 0.5) is 0 Å². The fourth-order valence-electron chi connectivity index (χ4n) is 2.47. The quantitative estimate of drug-likeness (QED) is 0.800. The molecule has 19 heavy (non-hydrogen) atoms. The van der Waals surface area contributed by atoms with E-state index in [2.05, 4.69) is 4.98 Å². The van der Waals surface area contributed by atoms with Crippen LogP contribution in [0.2, 0.25) is 5.15 Å². The zero-order chi connectivity index (χ0) is 13.8. The molecule has 1 aromatic heterocycles. The van der Waals surface area contributed by atoms with Crippen LogP contribution >= 0.6 is 11.6 Å². The molecule has 2 rings (SSSR count). The summed E-state index contributed by atoms with van der Waals surface area (Å²) in [7, 11) is 1.72. The van der Waals surface area contributed by atoms with Crippen molar-refractivity contribution in [2.24, 2.45) is 5.92 Å². The number of aromatic nitrogens is 1. The number of rotatable bonds is 3. The summed E-state index contributed by atoms with van der Waals surface area (Å²) in [4.78, 5) is 18.3. The third-order valence-electron chi connectivity index (χ3n) is 3.47. The Hall–Kier alpha value is -1.13. The molecule has 0 saturated carbocycles. The summed E-state index contributed by atoms with van der Waals surface area (Å²) >= 11 is 5.90. The average Bonchev–Trinajstić information content (AvgIpc) is 2.38. The van der Waals surface area contributed by atoms with E-state index in [0.717, 1.165) is 38.2 Å². The van der Waals surface area contributed by atoms with Gasteiger partial charge in [0, 0.05) is 38.1 Å². The molecule has 0 N–H and O–H groups in total. The van der Waals surface area contributed by atoms with E-state index in [1.54, 1.807) is 19.2 Å². The number of carbonyl (C=O) groups is 1. The lowest BCUT2D eigenvalue weighted by atomic mass is 9.97. The third kappa shape index (κ3) is 3.67. The van der Waals surface area contributed by atoms with Gasteiger partial charge in [-0.15, -0.1) is 0 Å². The first-order chi connectivity index (χ1) is 9.10. The topological polar surface area (TPSA) is 42.4 Å². The predicted molar refractivity (Wildman–Crippen MR) is 74.5 cm³/mol. The van der Waals surface area contributed by atoms with Crippen LogP contribution in [-0.2, 0) is 4.74 Å². The second-order valence-electron chi connectivity index (χ2n) is 5.01. The minimum Gasteiger partial charge on any atom is -0.384 e. The van der Waals surface area contributed by atoms with Gasteiger partial charge in [0.15, 0.2) is 0 Å². The molecule has 5 heteroatoms. The number of amides is 1. The maximum atomic E-state index is 12.4. The van der Waals surface area contributed by atoms with Crippen molar-refractivity contribution in [1.29, 1.82) is 0 Å². The van der Waals surface area contributed by atoms with Gasteiger partial charge in [-0.2, -0.15) is 0 Å². The highest BCUT2D eigenvalue weighted by molar-refractivity contribution is 6.29. The summed E-state index contributed by atoms with van der Waals surface area (Å²) in [6, 6.07) is 3.42. The summed E-state index contributed by atoms with van der Waals surface area (Å²) < 4.78 is 5.16. The Morgan fingerprint density at radius 1 is 1.47 bits per heavy atom. The van der Waals surface area contributed by atoms with Crippen molar-refractivity contribution < 1.29 is 9.53 Å². The van der Waals surface area contributed by atoms with E-state index in [0.29, 0.717) is 16.6 Å². The fourth-order valence-corrected chi connectivity index (χ4v) is 2.72. The van der Waals surface area contributed by atoms with Gasteiger partial charge in [0.2, 0.25) is 0 Å². The number of pyridine rings is 1. The van der Waals surface area contributed by atoms with Crippen LogP contribution in [-0.4, -0.2) is 42.6 Å². The number of nitrogens with zero attached hydrogens (tertiary/aromatic N) is 2. The summed E-state index contributed by atoms with van der Waals surface area (Å²) in [5.41, 5.74) is 1.40. The summed E-state index contributed by atoms with van der Waals surface area (Å²) in [5, 5.41) is 0.373. The number of hydrogen-bond acceptors (Lipinski definition) is 3. The number of hydrogen-bond donors (Lipinski definition) is 0. The number of methoxy groups -OCH3 is 1. The average molecular weight is 283 g/mol. The van der Waals surface area contributed by atoms with E-state index in [4.69, 9.17) is 16.3 Å². The lowest BCUT2D eigenvalue weighted by Crippen LogP contribution is -2.39. The molecule has 104 valence electrons. The second kappa shape index (κ2) is 6.35.